The van der Waals surface area contributed by atoms with E-state index in [1.54, 1.807) is 12.1 Å². The van der Waals surface area contributed by atoms with Gasteiger partial charge in [0, 0.05) is 38.6 Å². The van der Waals surface area contributed by atoms with Crippen molar-refractivity contribution in [1.29, 1.82) is 0 Å². The van der Waals surface area contributed by atoms with Crippen LogP contribution in [0.2, 0.25) is 0 Å². The van der Waals surface area contributed by atoms with Crippen LogP contribution in [0.4, 0.5) is 0 Å². The molecule has 11 rings (SSSR count). The molecule has 0 amide bonds. The monoisotopic (exact) mass is 775 g/mol. The normalized spacial score (nSPS) is 11.6. The van der Waals surface area contributed by atoms with Crippen LogP contribution in [0.15, 0.2) is 164 Å². The molecule has 3 heterocycles. The second-order valence-electron chi connectivity index (χ2n) is 15.5. The average molecular weight is 775 g/mol. The van der Waals surface area contributed by atoms with Crippen LogP contribution in [0.3, 0.4) is 0 Å². The van der Waals surface area contributed by atoms with E-state index in [1.807, 2.05) is 89.5 Å². The summed E-state index contributed by atoms with van der Waals surface area (Å²) >= 11 is 0. The summed E-state index contributed by atoms with van der Waals surface area (Å²) in [6, 6.07) is 54.3. The van der Waals surface area contributed by atoms with Gasteiger partial charge in [-0.3, -0.25) is 4.57 Å². The molecule has 0 saturated carbocycles. The van der Waals surface area contributed by atoms with Gasteiger partial charge in [-0.2, -0.15) is 9.97 Å². The van der Waals surface area contributed by atoms with E-state index in [1.165, 1.54) is 0 Å². The first-order valence-corrected chi connectivity index (χ1v) is 20.1. The molecular formula is C51H27B6N5. The van der Waals surface area contributed by atoms with E-state index in [9.17, 15) is 0 Å². The third-order valence-electron chi connectivity index (χ3n) is 11.7. The summed E-state index contributed by atoms with van der Waals surface area (Å²) in [5, 5.41) is 2.94. The van der Waals surface area contributed by atoms with E-state index in [2.05, 4.69) is 71.3 Å². The summed E-state index contributed by atoms with van der Waals surface area (Å²) in [6.45, 7) is 0. The van der Waals surface area contributed by atoms with E-state index < -0.39 is 0 Å². The zero-order valence-electron chi connectivity index (χ0n) is 33.3. The van der Waals surface area contributed by atoms with Crippen LogP contribution in [0, 0.1) is 0 Å². The molecule has 8 aromatic carbocycles. The molecule has 274 valence electrons. The number of hydrogen-bond acceptors (Lipinski definition) is 3. The van der Waals surface area contributed by atoms with E-state index in [4.69, 9.17) is 62.0 Å². The minimum absolute atomic E-state index is 0.334. The van der Waals surface area contributed by atoms with Gasteiger partial charge < -0.3 is 4.57 Å². The lowest BCUT2D eigenvalue weighted by atomic mass is 9.74. The highest BCUT2D eigenvalue weighted by Crippen LogP contribution is 2.38. The first-order chi connectivity index (χ1) is 30.2. The highest BCUT2D eigenvalue weighted by molar-refractivity contribution is 6.59. The molecule has 0 unspecified atom stereocenters. The second-order valence-corrected chi connectivity index (χ2v) is 15.5. The van der Waals surface area contributed by atoms with Crippen molar-refractivity contribution in [2.45, 2.75) is 0 Å². The summed E-state index contributed by atoms with van der Waals surface area (Å²) in [4.78, 5) is 15.5. The predicted octanol–water partition coefficient (Wildman–Crippen LogP) is 5.50. The molecular weight excluding hydrogens is 747 g/mol. The van der Waals surface area contributed by atoms with E-state index in [-0.39, 0.29) is 0 Å². The van der Waals surface area contributed by atoms with Crippen LogP contribution in [-0.2, 0) is 0 Å². The molecule has 0 aliphatic heterocycles. The average Bonchev–Trinajstić information content (AvgIpc) is 3.84. The first kappa shape index (κ1) is 37.7. The summed E-state index contributed by atoms with van der Waals surface area (Å²) in [7, 11) is 41.0. The van der Waals surface area contributed by atoms with Gasteiger partial charge >= 0.3 is 0 Å². The fraction of sp³-hybridized carbons (Fsp3) is 0. The summed E-state index contributed by atoms with van der Waals surface area (Å²) < 4.78 is 4.07. The molecule has 0 fully saturated rings. The van der Waals surface area contributed by atoms with Crippen LogP contribution < -0.4 is 32.8 Å². The minimum atomic E-state index is 0.334. The van der Waals surface area contributed by atoms with Gasteiger partial charge in [-0.05, 0) is 63.4 Å². The SMILES string of the molecule is [B]c1cc([B])c2c(c1[B])c1cc3c(cc1n2-c1cccc(-c2ccccc2)c1)c1c([B])c([B])cc([B])c1n3-c1nc(-c2ccccc2)nc(-c2cccc(-c3ccccc3)c2)n1. The van der Waals surface area contributed by atoms with Crippen molar-refractivity contribution in [2.75, 3.05) is 0 Å². The van der Waals surface area contributed by atoms with Gasteiger partial charge in [0.2, 0.25) is 5.95 Å². The zero-order valence-corrected chi connectivity index (χ0v) is 33.3. The Morgan fingerprint density at radius 2 is 0.774 bits per heavy atom. The molecule has 62 heavy (non-hydrogen) atoms. The Morgan fingerprint density at radius 3 is 1.34 bits per heavy atom. The van der Waals surface area contributed by atoms with Crippen molar-refractivity contribution in [3.63, 3.8) is 0 Å². The number of rotatable bonds is 6. The van der Waals surface area contributed by atoms with Gasteiger partial charge in [0.05, 0.1) is 11.0 Å². The smallest absolute Gasteiger partial charge is 0.238 e. The first-order valence-electron chi connectivity index (χ1n) is 20.1. The molecule has 0 N–H and O–H groups in total. The van der Waals surface area contributed by atoms with Crippen LogP contribution in [-0.4, -0.2) is 71.2 Å². The molecule has 3 aromatic heterocycles. The molecule has 0 saturated heterocycles. The zero-order chi connectivity index (χ0) is 42.2. The van der Waals surface area contributed by atoms with E-state index >= 15 is 0 Å². The van der Waals surface area contributed by atoms with Gasteiger partial charge in [-0.15, -0.1) is 10.9 Å². The third-order valence-corrected chi connectivity index (χ3v) is 11.7. The molecule has 0 atom stereocenters. The maximum atomic E-state index is 6.97. The Bertz CT molecular complexity index is 3590. The van der Waals surface area contributed by atoms with Crippen LogP contribution in [0.25, 0.3) is 100 Å². The molecule has 0 bridgehead atoms. The summed E-state index contributed by atoms with van der Waals surface area (Å²) in [5.41, 5.74) is 12.0. The standard InChI is InChI=1S/C51H27B6N5/c52-37-26-39(54)47-43(45(37)56)35-25-42-36(24-41(35)61(47)34-21-11-19-32(23-34)29-14-6-2-7-15-29)44-46(57)38(53)27-40(55)48(44)62(42)51-59-49(30-16-8-3-9-17-30)58-50(60-51)33-20-10-18-31(22-33)28-12-4-1-5-13-28/h1-27H. The Kier molecular flexibility index (Phi) is 8.97. The van der Waals surface area contributed by atoms with Crippen LogP contribution >= 0.6 is 0 Å². The molecule has 12 radical (unpaired) electrons. The van der Waals surface area contributed by atoms with Gasteiger partial charge in [-0.1, -0.05) is 155 Å². The van der Waals surface area contributed by atoms with Crippen molar-refractivity contribution < 1.29 is 0 Å². The topological polar surface area (TPSA) is 48.5 Å². The quantitative estimate of drug-likeness (QED) is 0.210. The fourth-order valence-corrected chi connectivity index (χ4v) is 8.78. The summed E-state index contributed by atoms with van der Waals surface area (Å²) in [6.07, 6.45) is 0. The lowest BCUT2D eigenvalue weighted by Gasteiger charge is -2.14. The number of benzene rings is 8. The molecule has 0 aliphatic carbocycles. The minimum Gasteiger partial charge on any atom is -0.310 e. The Hall–Kier alpha value is -7.24. The third kappa shape index (κ3) is 6.06. The largest absolute Gasteiger partial charge is 0.310 e. The maximum absolute atomic E-state index is 6.97. The number of nitrogens with zero attached hydrogens (tertiary/aromatic N) is 5. The number of hydrogen-bond donors (Lipinski definition) is 0. The van der Waals surface area contributed by atoms with Gasteiger partial charge in [-0.25, -0.2) is 4.98 Å². The molecule has 11 heteroatoms. The van der Waals surface area contributed by atoms with E-state index in [0.29, 0.717) is 72.2 Å². The lowest BCUT2D eigenvalue weighted by Crippen LogP contribution is -2.31. The fourth-order valence-electron chi connectivity index (χ4n) is 8.78. The van der Waals surface area contributed by atoms with Crippen LogP contribution in [0.1, 0.15) is 0 Å². The lowest BCUT2D eigenvalue weighted by molar-refractivity contribution is 0.955. The van der Waals surface area contributed by atoms with Crippen molar-refractivity contribution in [1.82, 2.24) is 24.1 Å². The van der Waals surface area contributed by atoms with Crippen LogP contribution in [0.5, 0.6) is 0 Å². The van der Waals surface area contributed by atoms with E-state index in [0.717, 1.165) is 60.9 Å². The number of aromatic nitrogens is 5. The van der Waals surface area contributed by atoms with Crippen molar-refractivity contribution in [3.8, 4) is 56.7 Å². The molecule has 0 spiro atoms. The Morgan fingerprint density at radius 1 is 0.339 bits per heavy atom. The molecule has 11 aromatic rings. The predicted molar refractivity (Wildman–Crippen MR) is 263 cm³/mol. The maximum Gasteiger partial charge on any atom is 0.238 e. The molecule has 0 aliphatic rings. The number of fused-ring (bicyclic) bond motifs is 6. The highest BCUT2D eigenvalue weighted by atomic mass is 15.2. The summed E-state index contributed by atoms with van der Waals surface area (Å²) in [5.74, 6) is 1.29. The molecule has 5 nitrogen and oxygen atoms in total. The van der Waals surface area contributed by atoms with Crippen molar-refractivity contribution >= 4 is 123 Å². The Balaban J connectivity index is 1.25. The van der Waals surface area contributed by atoms with Gasteiger partial charge in [0.15, 0.2) is 11.6 Å². The van der Waals surface area contributed by atoms with Gasteiger partial charge in [0.25, 0.3) is 0 Å². The second kappa shape index (κ2) is 14.7. The Labute approximate surface area is 366 Å². The van der Waals surface area contributed by atoms with Gasteiger partial charge in [0.1, 0.15) is 47.1 Å². The van der Waals surface area contributed by atoms with Crippen molar-refractivity contribution in [3.05, 3.63) is 164 Å². The van der Waals surface area contributed by atoms with Crippen molar-refractivity contribution in [2.24, 2.45) is 0 Å². The highest BCUT2D eigenvalue weighted by Gasteiger charge is 2.25.